The molecule has 5 rings (SSSR count). The molecule has 27 heavy (non-hydrogen) atoms. The normalized spacial score (nSPS) is 31.3. The Bertz CT molecular complexity index is 938. The average Bonchev–Trinajstić information content (AvgIpc) is 3.20. The van der Waals surface area contributed by atoms with Crippen LogP contribution in [0.25, 0.3) is 11.0 Å². The van der Waals surface area contributed by atoms with E-state index in [4.69, 9.17) is 13.9 Å². The SMILES string of the molecule is C[C@@H]1CC[C@H]2C(C)(C)CCCC2(C)c2c1oc1c(C=O)c3c(cc21)OCO3. The zero-order valence-corrected chi connectivity index (χ0v) is 16.7. The maximum atomic E-state index is 11.9. The van der Waals surface area contributed by atoms with Crippen LogP contribution in [0.3, 0.4) is 0 Å². The number of hydrogen-bond acceptors (Lipinski definition) is 4. The Morgan fingerprint density at radius 2 is 1.96 bits per heavy atom. The number of hydrogen-bond donors (Lipinski definition) is 0. The van der Waals surface area contributed by atoms with E-state index >= 15 is 0 Å². The summed E-state index contributed by atoms with van der Waals surface area (Å²) in [6.07, 6.45) is 6.87. The van der Waals surface area contributed by atoms with E-state index in [0.717, 1.165) is 23.9 Å². The molecular weight excluding hydrogens is 340 g/mol. The molecular formula is C23H28O4. The van der Waals surface area contributed by atoms with Gasteiger partial charge in [-0.05, 0) is 48.5 Å². The zero-order valence-electron chi connectivity index (χ0n) is 16.7. The molecule has 0 radical (unpaired) electrons. The summed E-state index contributed by atoms with van der Waals surface area (Å²) in [7, 11) is 0. The summed E-state index contributed by atoms with van der Waals surface area (Å²) in [6.45, 7) is 9.71. The Kier molecular flexibility index (Phi) is 3.51. The highest BCUT2D eigenvalue weighted by molar-refractivity contribution is 6.02. The number of benzene rings is 1. The number of aldehydes is 1. The fourth-order valence-electron chi connectivity index (χ4n) is 6.36. The van der Waals surface area contributed by atoms with Gasteiger partial charge in [0.15, 0.2) is 17.8 Å². The molecule has 1 fully saturated rings. The number of carbonyl (C=O) groups excluding carboxylic acids is 1. The lowest BCUT2D eigenvalue weighted by Gasteiger charge is -2.50. The summed E-state index contributed by atoms with van der Waals surface area (Å²) in [6, 6.07) is 2.05. The predicted molar refractivity (Wildman–Crippen MR) is 104 cm³/mol. The third kappa shape index (κ3) is 2.19. The number of carbonyl (C=O) groups is 1. The lowest BCUT2D eigenvalue weighted by atomic mass is 9.53. The summed E-state index contributed by atoms with van der Waals surface area (Å²) in [5.41, 5.74) is 2.86. The second-order valence-corrected chi connectivity index (χ2v) is 9.65. The Morgan fingerprint density at radius 3 is 2.74 bits per heavy atom. The number of ether oxygens (including phenoxy) is 2. The minimum atomic E-state index is 0.0565. The summed E-state index contributed by atoms with van der Waals surface area (Å²) >= 11 is 0. The van der Waals surface area contributed by atoms with Crippen molar-refractivity contribution in [3.8, 4) is 11.5 Å². The second kappa shape index (κ2) is 5.52. The van der Waals surface area contributed by atoms with Crippen molar-refractivity contribution in [3.63, 3.8) is 0 Å². The first-order valence-electron chi connectivity index (χ1n) is 10.2. The highest BCUT2D eigenvalue weighted by atomic mass is 16.7. The van der Waals surface area contributed by atoms with Crippen LogP contribution in [0.2, 0.25) is 0 Å². The first-order chi connectivity index (χ1) is 12.9. The fourth-order valence-corrected chi connectivity index (χ4v) is 6.36. The monoisotopic (exact) mass is 368 g/mol. The largest absolute Gasteiger partial charge is 0.460 e. The smallest absolute Gasteiger partial charge is 0.231 e. The maximum absolute atomic E-state index is 11.9. The summed E-state index contributed by atoms with van der Waals surface area (Å²) in [5, 5.41) is 1.05. The molecule has 2 aliphatic carbocycles. The third-order valence-electron chi connectivity index (χ3n) is 7.63. The van der Waals surface area contributed by atoms with Crippen LogP contribution in [0, 0.1) is 11.3 Å². The van der Waals surface area contributed by atoms with Crippen molar-refractivity contribution in [1.29, 1.82) is 0 Å². The van der Waals surface area contributed by atoms with Crippen LogP contribution in [0.15, 0.2) is 10.5 Å². The van der Waals surface area contributed by atoms with E-state index in [2.05, 4.69) is 33.8 Å². The van der Waals surface area contributed by atoms with Gasteiger partial charge in [-0.15, -0.1) is 0 Å². The van der Waals surface area contributed by atoms with E-state index in [9.17, 15) is 4.79 Å². The van der Waals surface area contributed by atoms with Gasteiger partial charge in [-0.2, -0.15) is 0 Å². The minimum Gasteiger partial charge on any atom is -0.460 e. The topological polar surface area (TPSA) is 48.7 Å². The molecule has 3 aliphatic rings. The Morgan fingerprint density at radius 1 is 1.15 bits per heavy atom. The Hall–Kier alpha value is -1.97. The lowest BCUT2D eigenvalue weighted by Crippen LogP contribution is -2.44. The van der Waals surface area contributed by atoms with Crippen LogP contribution < -0.4 is 9.47 Å². The average molecular weight is 368 g/mol. The summed E-state index contributed by atoms with van der Waals surface area (Å²) in [5.74, 6) is 3.22. The van der Waals surface area contributed by atoms with Gasteiger partial charge >= 0.3 is 0 Å². The number of rotatable bonds is 1. The van der Waals surface area contributed by atoms with Crippen LogP contribution >= 0.6 is 0 Å². The molecule has 0 spiro atoms. The van der Waals surface area contributed by atoms with Crippen molar-refractivity contribution in [2.24, 2.45) is 11.3 Å². The third-order valence-corrected chi connectivity index (χ3v) is 7.63. The minimum absolute atomic E-state index is 0.0565. The molecule has 4 heteroatoms. The molecule has 2 heterocycles. The molecule has 1 aliphatic heterocycles. The van der Waals surface area contributed by atoms with Crippen molar-refractivity contribution >= 4 is 17.3 Å². The second-order valence-electron chi connectivity index (χ2n) is 9.65. The molecule has 1 aromatic carbocycles. The van der Waals surface area contributed by atoms with Crippen LogP contribution in [0.1, 0.15) is 87.4 Å². The van der Waals surface area contributed by atoms with Gasteiger partial charge in [-0.25, -0.2) is 0 Å². The van der Waals surface area contributed by atoms with Gasteiger partial charge in [-0.3, -0.25) is 4.79 Å². The summed E-state index contributed by atoms with van der Waals surface area (Å²) < 4.78 is 17.7. The Balaban J connectivity index is 1.85. The van der Waals surface area contributed by atoms with Crippen LogP contribution in [0.5, 0.6) is 11.5 Å². The van der Waals surface area contributed by atoms with Gasteiger partial charge in [0.2, 0.25) is 6.79 Å². The van der Waals surface area contributed by atoms with Crippen LogP contribution in [0.4, 0.5) is 0 Å². The van der Waals surface area contributed by atoms with E-state index < -0.39 is 0 Å². The van der Waals surface area contributed by atoms with E-state index in [-0.39, 0.29) is 12.2 Å². The van der Waals surface area contributed by atoms with Gasteiger partial charge in [0.25, 0.3) is 0 Å². The lowest BCUT2D eigenvalue weighted by molar-refractivity contribution is 0.0504. The quantitative estimate of drug-likeness (QED) is 0.583. The van der Waals surface area contributed by atoms with Crippen molar-refractivity contribution < 1.29 is 18.7 Å². The van der Waals surface area contributed by atoms with E-state index in [1.807, 2.05) is 0 Å². The zero-order chi connectivity index (χ0) is 19.0. The van der Waals surface area contributed by atoms with Crippen molar-refractivity contribution in [3.05, 3.63) is 23.0 Å². The van der Waals surface area contributed by atoms with E-state index in [1.54, 1.807) is 0 Å². The molecule has 1 aromatic heterocycles. The molecule has 1 saturated carbocycles. The van der Waals surface area contributed by atoms with Crippen molar-refractivity contribution in [1.82, 2.24) is 0 Å². The number of furan rings is 1. The molecule has 0 bridgehead atoms. The maximum Gasteiger partial charge on any atom is 0.231 e. The Labute approximate surface area is 160 Å². The molecule has 0 saturated heterocycles. The standard InChI is InChI=1S/C23H28O4/c1-13-6-7-17-22(2,3)8-5-9-23(17,4)18-14-10-16-21(26-12-25-16)15(11-24)20(14)27-19(13)18/h10-11,13,17H,5-9,12H2,1-4H3/t13-,17+,23?/m1/s1. The predicted octanol–water partition coefficient (Wildman–Crippen LogP) is 5.96. The van der Waals surface area contributed by atoms with Crippen molar-refractivity contribution in [2.45, 2.75) is 71.1 Å². The fraction of sp³-hybridized carbons (Fsp3) is 0.609. The highest BCUT2D eigenvalue weighted by Gasteiger charge is 2.51. The van der Waals surface area contributed by atoms with Crippen LogP contribution in [-0.2, 0) is 5.41 Å². The summed E-state index contributed by atoms with van der Waals surface area (Å²) in [4.78, 5) is 11.9. The van der Waals surface area contributed by atoms with Gasteiger partial charge in [0, 0.05) is 16.9 Å². The molecule has 1 unspecified atom stereocenters. The molecule has 144 valence electrons. The highest BCUT2D eigenvalue weighted by Crippen LogP contribution is 2.60. The molecule has 2 aromatic rings. The van der Waals surface area contributed by atoms with Crippen LogP contribution in [-0.4, -0.2) is 13.1 Å². The first-order valence-corrected chi connectivity index (χ1v) is 10.2. The van der Waals surface area contributed by atoms with Crippen molar-refractivity contribution in [2.75, 3.05) is 6.79 Å². The van der Waals surface area contributed by atoms with E-state index in [1.165, 1.54) is 31.2 Å². The van der Waals surface area contributed by atoms with E-state index in [0.29, 0.717) is 39.9 Å². The molecule has 0 N–H and O–H groups in total. The molecule has 0 amide bonds. The first kappa shape index (κ1) is 17.2. The van der Waals surface area contributed by atoms with Gasteiger partial charge in [-0.1, -0.05) is 34.1 Å². The molecule has 3 atom stereocenters. The molecule has 4 nitrogen and oxygen atoms in total. The number of fused-ring (bicyclic) bond motifs is 6. The van der Waals surface area contributed by atoms with Gasteiger partial charge in [0.1, 0.15) is 16.9 Å². The van der Waals surface area contributed by atoms with Gasteiger partial charge in [0.05, 0.1) is 0 Å². The van der Waals surface area contributed by atoms with Gasteiger partial charge < -0.3 is 13.9 Å².